The second-order valence-electron chi connectivity index (χ2n) is 12.0. The summed E-state index contributed by atoms with van der Waals surface area (Å²) in [5.41, 5.74) is 0. The van der Waals surface area contributed by atoms with E-state index >= 15 is 0 Å². The fourth-order valence-electron chi connectivity index (χ4n) is 6.05. The van der Waals surface area contributed by atoms with Crippen molar-refractivity contribution in [2.75, 3.05) is 18.1 Å². The van der Waals surface area contributed by atoms with Crippen LogP contribution in [0.2, 0.25) is 0 Å². The molecule has 1 atom stereocenters. The van der Waals surface area contributed by atoms with Crippen LogP contribution in [0.1, 0.15) is 84.0 Å². The molecular formula is C22H50B12NaO2S+. The molecule has 0 fully saturated rings. The van der Waals surface area contributed by atoms with E-state index in [0.717, 1.165) is 44.4 Å². The number of phenols is 1. The minimum absolute atomic E-state index is 0. The third-order valence-electron chi connectivity index (χ3n) is 7.72. The minimum Gasteiger partial charge on any atom is 1.00 e. The molecule has 192 valence electrons. The number of benzene rings is 1. The molecule has 16 heteroatoms. The Labute approximate surface area is 269 Å². The number of phenolic OH excluding ortho intramolecular Hbond substituents is 1. The first-order chi connectivity index (χ1) is 17.8. The van der Waals surface area contributed by atoms with Crippen LogP contribution in [0.25, 0.3) is 0 Å². The molecule has 38 heavy (non-hydrogen) atoms. The third kappa shape index (κ3) is 16.4. The summed E-state index contributed by atoms with van der Waals surface area (Å²) >= 11 is 0. The van der Waals surface area contributed by atoms with E-state index in [2.05, 4.69) is 59.4 Å². The SMILES string of the molecule is [10BH-][10BH][10B]([10BH2])[10B]=[S+](CCCCCCCC)(CCCCCCCCOc1ccc(O)cc1)[10B]([10B]([10BH2])[10BH2])[10B]([10BH2])[10BH2].[Na+]. The average molecular weight is 522 g/mol. The summed E-state index contributed by atoms with van der Waals surface area (Å²) in [5.74, 6) is 4.84. The van der Waals surface area contributed by atoms with Gasteiger partial charge in [0.25, 0.3) is 0 Å². The molecule has 0 aliphatic heterocycles. The van der Waals surface area contributed by atoms with Crippen LogP contribution >= 0.6 is 0 Å². The molecule has 0 saturated heterocycles. The summed E-state index contributed by atoms with van der Waals surface area (Å²) < 4.78 is 5.80. The zero-order valence-corrected chi connectivity index (χ0v) is 29.3. The van der Waals surface area contributed by atoms with Crippen LogP contribution in [-0.2, 0) is 9.31 Å². The molecule has 0 amide bonds. The van der Waals surface area contributed by atoms with E-state index in [-0.39, 0.29) is 35.3 Å². The van der Waals surface area contributed by atoms with Gasteiger partial charge in [-0.25, -0.2) is 0 Å². The molecule has 0 aliphatic rings. The van der Waals surface area contributed by atoms with E-state index in [1.807, 2.05) is 12.1 Å². The molecule has 1 aromatic rings. The third-order valence-corrected chi connectivity index (χ3v) is 13.0. The van der Waals surface area contributed by atoms with Gasteiger partial charge in [-0.1, -0.05) is 0 Å². The van der Waals surface area contributed by atoms with Gasteiger partial charge in [-0.05, 0) is 12.1 Å². The van der Waals surface area contributed by atoms with Crippen molar-refractivity contribution in [3.05, 3.63) is 24.3 Å². The normalized spacial score (nSPS) is 11.9. The minimum atomic E-state index is -0.778. The average Bonchev–Trinajstić information content (AvgIpc) is 2.85. The van der Waals surface area contributed by atoms with Crippen molar-refractivity contribution in [3.8, 4) is 11.5 Å². The predicted molar refractivity (Wildman–Crippen MR) is 198 cm³/mol. The maximum absolute atomic E-state index is 9.38. The molecule has 1 rings (SSSR count). The fourth-order valence-corrected chi connectivity index (χ4v) is 12.0. The van der Waals surface area contributed by atoms with Crippen molar-refractivity contribution in [2.24, 2.45) is 0 Å². The van der Waals surface area contributed by atoms with Crippen LogP contribution in [0.4, 0.5) is 0 Å². The number of hydrogen-bond donors (Lipinski definition) is 1. The van der Waals surface area contributed by atoms with Gasteiger partial charge in [-0.2, -0.15) is 0 Å². The molecule has 0 heterocycles. The van der Waals surface area contributed by atoms with Crippen molar-refractivity contribution in [3.63, 3.8) is 0 Å². The molecule has 0 spiro atoms. The molecule has 0 aliphatic carbocycles. The quantitative estimate of drug-likeness (QED) is 0.0953. The van der Waals surface area contributed by atoms with E-state index in [9.17, 15) is 5.11 Å². The zero-order chi connectivity index (χ0) is 27.5. The molecule has 0 saturated carbocycles. The first kappa shape index (κ1) is 38.9. The van der Waals surface area contributed by atoms with Gasteiger partial charge < -0.3 is 5.11 Å². The zero-order valence-electron chi connectivity index (χ0n) is 26.5. The number of ether oxygens (including phenoxy) is 1. The van der Waals surface area contributed by atoms with Crippen molar-refractivity contribution in [2.45, 2.75) is 84.0 Å². The first-order valence-corrected chi connectivity index (χ1v) is 17.7. The molecule has 2 nitrogen and oxygen atoms in total. The Balaban J connectivity index is 0.0000137. The van der Waals surface area contributed by atoms with Crippen molar-refractivity contribution in [1.29, 1.82) is 0 Å². The number of hydrogen-bond acceptors (Lipinski definition) is 2. The second-order valence-corrected chi connectivity index (χ2v) is 15.6. The number of aromatic hydroxyl groups is 1. The summed E-state index contributed by atoms with van der Waals surface area (Å²) in [4.78, 5) is 0. The maximum atomic E-state index is 9.38. The topological polar surface area (TPSA) is 29.5 Å². The molecule has 2 radical (unpaired) electrons. The molecule has 1 N–H and O–H groups in total. The Morgan fingerprint density at radius 2 is 1.29 bits per heavy atom. The predicted octanol–water partition coefficient (Wildman–Crippen LogP) is -4.22. The van der Waals surface area contributed by atoms with Crippen LogP contribution in [0.3, 0.4) is 0 Å². The largest absolute Gasteiger partial charge is 1.00 e. The van der Waals surface area contributed by atoms with Crippen LogP contribution in [0.15, 0.2) is 24.3 Å². The van der Waals surface area contributed by atoms with E-state index < -0.39 is 9.31 Å². The summed E-state index contributed by atoms with van der Waals surface area (Å²) in [6.45, 7) is 3.07. The summed E-state index contributed by atoms with van der Waals surface area (Å²) in [5, 5.41) is 9.38. The van der Waals surface area contributed by atoms with E-state index in [0.29, 0.717) is 6.39 Å². The van der Waals surface area contributed by atoms with E-state index in [1.54, 1.807) is 12.1 Å². The molecule has 0 bridgehead atoms. The van der Waals surface area contributed by atoms with Crippen LogP contribution < -0.4 is 34.3 Å². The van der Waals surface area contributed by atoms with Crippen LogP contribution in [0, 0.1) is 0 Å². The monoisotopic (exact) mass is 521 g/mol. The Morgan fingerprint density at radius 1 is 0.816 bits per heavy atom. The van der Waals surface area contributed by atoms with E-state index in [4.69, 9.17) is 4.74 Å². The van der Waals surface area contributed by atoms with Crippen molar-refractivity contribution < 1.29 is 39.4 Å². The standard InChI is InChI=1S/C22H49B12O2S.Na/c1-2-3-4-5-9-12-19-37(30-33(28)29-23,34(31(24)25)32(26)27)20-13-10-7-6-8-11-18-36-22-16-14-21(35)15-17-22;/h14-17,23,29H,2-13,18-20,24-28H2,1H3;/q-1;+1/p+1/i23-1,24-1,25-1,26-1,27-1,28-1,29-1,30-1,31-1,32-1,33-1,34-1;. The van der Waals surface area contributed by atoms with Gasteiger partial charge in [0, 0.05) is 0 Å². The van der Waals surface area contributed by atoms with Gasteiger partial charge in [-0.3, -0.25) is 0 Å². The first-order valence-electron chi connectivity index (χ1n) is 15.6. The summed E-state index contributed by atoms with van der Waals surface area (Å²) in [6, 6.07) is 9.90. The Bertz CT molecular complexity index is 752. The summed E-state index contributed by atoms with van der Waals surface area (Å²) in [6.07, 6.45) is 18.2. The smallest absolute Gasteiger partial charge is 1.00 e. The van der Waals surface area contributed by atoms with Crippen LogP contribution in [0.5, 0.6) is 11.5 Å². The molecular weight excluding hydrogens is 471 g/mol. The Kier molecular flexibility index (Phi) is 24.1. The van der Waals surface area contributed by atoms with Crippen LogP contribution in [-0.4, -0.2) is 108 Å². The molecule has 1 aromatic carbocycles. The van der Waals surface area contributed by atoms with Crippen molar-refractivity contribution >= 4 is 93.8 Å². The van der Waals surface area contributed by atoms with Gasteiger partial charge in [-0.15, -0.1) is 0 Å². The van der Waals surface area contributed by atoms with Gasteiger partial charge in [0.1, 0.15) is 5.75 Å². The fraction of sp³-hybridized carbons (Fsp3) is 0.727. The maximum Gasteiger partial charge on any atom is 1.00 e. The van der Waals surface area contributed by atoms with Gasteiger partial charge in [0.2, 0.25) is 0 Å². The molecule has 1 unspecified atom stereocenters. The Hall–Kier alpha value is 0.949. The number of unbranched alkanes of at least 4 members (excludes halogenated alkanes) is 10. The van der Waals surface area contributed by atoms with Gasteiger partial charge in [0.05, 0.1) is 0 Å². The summed E-state index contributed by atoms with van der Waals surface area (Å²) in [7, 11) is 16.9. The molecule has 0 aromatic heterocycles. The van der Waals surface area contributed by atoms with E-state index in [1.165, 1.54) is 82.1 Å². The second kappa shape index (κ2) is 23.5. The van der Waals surface area contributed by atoms with Crippen molar-refractivity contribution in [1.82, 2.24) is 0 Å². The Morgan fingerprint density at radius 3 is 1.76 bits per heavy atom. The van der Waals surface area contributed by atoms with Gasteiger partial charge >= 0.3 is 248 Å². The van der Waals surface area contributed by atoms with Gasteiger partial charge in [0.15, 0.2) is 0 Å². The number of rotatable bonds is 22.